The summed E-state index contributed by atoms with van der Waals surface area (Å²) in [4.78, 5) is 12.5. The molecule has 0 fully saturated rings. The van der Waals surface area contributed by atoms with Gasteiger partial charge in [-0.2, -0.15) is 5.10 Å². The van der Waals surface area contributed by atoms with Crippen molar-refractivity contribution in [3.05, 3.63) is 54.9 Å². The lowest BCUT2D eigenvalue weighted by atomic mass is 10.1. The maximum atomic E-state index is 12.5. The smallest absolute Gasteiger partial charge is 0.249 e. The van der Waals surface area contributed by atoms with Gasteiger partial charge >= 0.3 is 0 Å². The molecule has 2 heterocycles. The third-order valence-corrected chi connectivity index (χ3v) is 4.26. The van der Waals surface area contributed by atoms with E-state index >= 15 is 0 Å². The minimum atomic E-state index is -0.439. The van der Waals surface area contributed by atoms with Crippen LogP contribution in [-0.2, 0) is 4.79 Å². The third kappa shape index (κ3) is 2.61. The molecule has 0 saturated heterocycles. The van der Waals surface area contributed by atoms with E-state index in [1.54, 1.807) is 43.2 Å². The molecule has 6 heteroatoms. The molecule has 126 valence electrons. The summed E-state index contributed by atoms with van der Waals surface area (Å²) in [5, 5.41) is 8.97. The molecule has 1 unspecified atom stereocenters. The largest absolute Gasteiger partial charge is 0.495 e. The zero-order valence-electron chi connectivity index (χ0n) is 13.9. The lowest BCUT2D eigenvalue weighted by Crippen LogP contribution is -2.24. The molecule has 0 aliphatic heterocycles. The number of rotatable bonds is 4. The van der Waals surface area contributed by atoms with E-state index < -0.39 is 6.04 Å². The van der Waals surface area contributed by atoms with Gasteiger partial charge in [0.1, 0.15) is 23.0 Å². The molecule has 0 aliphatic carbocycles. The molecule has 2 aromatic carbocycles. The number of nitrogens with zero attached hydrogens (tertiary/aromatic N) is 2. The Morgan fingerprint density at radius 1 is 1.20 bits per heavy atom. The van der Waals surface area contributed by atoms with Crippen molar-refractivity contribution >= 4 is 33.5 Å². The molecule has 1 atom stereocenters. The summed E-state index contributed by atoms with van der Waals surface area (Å²) in [6.07, 6.45) is 3.40. The highest BCUT2D eigenvalue weighted by Gasteiger charge is 2.18. The highest BCUT2D eigenvalue weighted by Crippen LogP contribution is 2.36. The number of hydrogen-bond acceptors (Lipinski definition) is 4. The number of carbonyl (C=O) groups is 1. The summed E-state index contributed by atoms with van der Waals surface area (Å²) in [6.45, 7) is 1.79. The Labute approximate surface area is 144 Å². The summed E-state index contributed by atoms with van der Waals surface area (Å²) in [5.41, 5.74) is 2.06. The minimum absolute atomic E-state index is 0.183. The maximum Gasteiger partial charge on any atom is 0.249 e. The number of ether oxygens (including phenoxy) is 1. The first-order valence-corrected chi connectivity index (χ1v) is 7.96. The lowest BCUT2D eigenvalue weighted by Gasteiger charge is -2.14. The van der Waals surface area contributed by atoms with Gasteiger partial charge in [0.15, 0.2) is 0 Å². The minimum Gasteiger partial charge on any atom is -0.495 e. The van der Waals surface area contributed by atoms with E-state index in [-0.39, 0.29) is 5.91 Å². The van der Waals surface area contributed by atoms with Gasteiger partial charge < -0.3 is 14.5 Å². The van der Waals surface area contributed by atoms with Crippen molar-refractivity contribution in [1.29, 1.82) is 0 Å². The summed E-state index contributed by atoms with van der Waals surface area (Å²) in [5.74, 6) is 0.400. The van der Waals surface area contributed by atoms with Crippen molar-refractivity contribution in [2.24, 2.45) is 0 Å². The second-order valence-corrected chi connectivity index (χ2v) is 5.80. The normalized spacial score (nSPS) is 12.4. The molecule has 25 heavy (non-hydrogen) atoms. The fourth-order valence-corrected chi connectivity index (χ4v) is 2.89. The van der Waals surface area contributed by atoms with Crippen LogP contribution in [0.4, 0.5) is 5.69 Å². The van der Waals surface area contributed by atoms with Crippen molar-refractivity contribution in [2.75, 3.05) is 12.4 Å². The van der Waals surface area contributed by atoms with Gasteiger partial charge in [-0.3, -0.25) is 9.48 Å². The van der Waals surface area contributed by atoms with Gasteiger partial charge in [-0.15, -0.1) is 0 Å². The van der Waals surface area contributed by atoms with E-state index in [4.69, 9.17) is 9.15 Å². The first-order valence-electron chi connectivity index (χ1n) is 7.96. The quantitative estimate of drug-likeness (QED) is 0.612. The van der Waals surface area contributed by atoms with Crippen LogP contribution in [0.5, 0.6) is 5.75 Å². The number of benzene rings is 2. The van der Waals surface area contributed by atoms with Crippen LogP contribution in [0, 0.1) is 0 Å². The van der Waals surface area contributed by atoms with E-state index in [1.807, 2.05) is 30.3 Å². The number of furan rings is 1. The topological polar surface area (TPSA) is 69.3 Å². The second-order valence-electron chi connectivity index (χ2n) is 5.80. The molecule has 2 aromatic heterocycles. The van der Waals surface area contributed by atoms with Crippen molar-refractivity contribution in [3.8, 4) is 5.75 Å². The molecular weight excluding hydrogens is 318 g/mol. The predicted molar refractivity (Wildman–Crippen MR) is 95.8 cm³/mol. The number of carbonyl (C=O) groups excluding carboxylic acids is 1. The molecule has 4 rings (SSSR count). The summed E-state index contributed by atoms with van der Waals surface area (Å²) in [6, 6.07) is 12.8. The van der Waals surface area contributed by atoms with Gasteiger partial charge in [-0.25, -0.2) is 0 Å². The Kier molecular flexibility index (Phi) is 3.65. The van der Waals surface area contributed by atoms with Gasteiger partial charge in [0.25, 0.3) is 0 Å². The molecule has 0 bridgehead atoms. The van der Waals surface area contributed by atoms with Crippen LogP contribution in [0.15, 0.2) is 59.3 Å². The molecule has 0 radical (unpaired) electrons. The Morgan fingerprint density at radius 3 is 2.80 bits per heavy atom. The SMILES string of the molecule is COc1cc2c(cc1NC(=O)C(C)n1cccn1)oc1ccccc12. The second kappa shape index (κ2) is 5.98. The van der Waals surface area contributed by atoms with Crippen LogP contribution < -0.4 is 10.1 Å². The summed E-state index contributed by atoms with van der Waals surface area (Å²) < 4.78 is 12.9. The number of amides is 1. The van der Waals surface area contributed by atoms with E-state index in [1.165, 1.54) is 0 Å². The Morgan fingerprint density at radius 2 is 2.04 bits per heavy atom. The first kappa shape index (κ1) is 15.3. The fourth-order valence-electron chi connectivity index (χ4n) is 2.89. The van der Waals surface area contributed by atoms with Crippen molar-refractivity contribution in [1.82, 2.24) is 9.78 Å². The van der Waals surface area contributed by atoms with Crippen molar-refractivity contribution in [3.63, 3.8) is 0 Å². The lowest BCUT2D eigenvalue weighted by molar-refractivity contribution is -0.119. The summed E-state index contributed by atoms with van der Waals surface area (Å²) in [7, 11) is 1.58. The number of para-hydroxylation sites is 1. The van der Waals surface area contributed by atoms with Crippen LogP contribution in [0.3, 0.4) is 0 Å². The highest BCUT2D eigenvalue weighted by atomic mass is 16.5. The van der Waals surface area contributed by atoms with Crippen LogP contribution in [0.1, 0.15) is 13.0 Å². The molecule has 6 nitrogen and oxygen atoms in total. The van der Waals surface area contributed by atoms with Gasteiger partial charge in [-0.05, 0) is 25.1 Å². The average molecular weight is 335 g/mol. The maximum absolute atomic E-state index is 12.5. The number of fused-ring (bicyclic) bond motifs is 3. The van der Waals surface area contributed by atoms with Crippen LogP contribution >= 0.6 is 0 Å². The number of nitrogens with one attached hydrogen (secondary N) is 1. The monoisotopic (exact) mass is 335 g/mol. The van der Waals surface area contributed by atoms with Crippen LogP contribution in [0.25, 0.3) is 21.9 Å². The number of methoxy groups -OCH3 is 1. The number of anilines is 1. The molecule has 1 amide bonds. The van der Waals surface area contributed by atoms with E-state index in [2.05, 4.69) is 10.4 Å². The Hall–Kier alpha value is -3.28. The molecule has 0 spiro atoms. The van der Waals surface area contributed by atoms with E-state index in [9.17, 15) is 4.79 Å². The van der Waals surface area contributed by atoms with E-state index in [0.29, 0.717) is 17.0 Å². The Bertz CT molecular complexity index is 1050. The van der Waals surface area contributed by atoms with Gasteiger partial charge in [0.2, 0.25) is 5.91 Å². The van der Waals surface area contributed by atoms with Crippen molar-refractivity contribution < 1.29 is 13.9 Å². The van der Waals surface area contributed by atoms with Gasteiger partial charge in [0.05, 0.1) is 12.8 Å². The molecule has 0 saturated carbocycles. The zero-order chi connectivity index (χ0) is 17.4. The predicted octanol–water partition coefficient (Wildman–Crippen LogP) is 3.99. The fraction of sp³-hybridized carbons (Fsp3) is 0.158. The molecule has 0 aliphatic rings. The third-order valence-electron chi connectivity index (χ3n) is 4.26. The average Bonchev–Trinajstić information content (AvgIpc) is 3.27. The van der Waals surface area contributed by atoms with Crippen LogP contribution in [0.2, 0.25) is 0 Å². The number of aromatic nitrogens is 2. The number of hydrogen-bond donors (Lipinski definition) is 1. The Balaban J connectivity index is 1.73. The standard InChI is InChI=1S/C19H17N3O3/c1-12(22-9-5-8-20-22)19(23)21-15-11-17-14(10-18(15)24-2)13-6-3-4-7-16(13)25-17/h3-12H,1-2H3,(H,21,23). The molecule has 4 aromatic rings. The van der Waals surface area contributed by atoms with Gasteiger partial charge in [-0.1, -0.05) is 18.2 Å². The van der Waals surface area contributed by atoms with E-state index in [0.717, 1.165) is 16.4 Å². The zero-order valence-corrected chi connectivity index (χ0v) is 13.9. The molecular formula is C19H17N3O3. The molecule has 1 N–H and O–H groups in total. The summed E-state index contributed by atoms with van der Waals surface area (Å²) >= 11 is 0. The van der Waals surface area contributed by atoms with Gasteiger partial charge in [0, 0.05) is 29.2 Å². The van der Waals surface area contributed by atoms with Crippen LogP contribution in [-0.4, -0.2) is 22.8 Å². The highest BCUT2D eigenvalue weighted by molar-refractivity contribution is 6.08. The van der Waals surface area contributed by atoms with Crippen molar-refractivity contribution in [2.45, 2.75) is 13.0 Å². The first-order chi connectivity index (χ1) is 12.2.